The normalized spacial score (nSPS) is 15.7. The molecule has 0 radical (unpaired) electrons. The molecule has 1 aromatic carbocycles. The Labute approximate surface area is 118 Å². The predicted molar refractivity (Wildman–Crippen MR) is 75.1 cm³/mol. The van der Waals surface area contributed by atoms with E-state index in [1.54, 1.807) is 6.07 Å². The minimum atomic E-state index is -0.583. The molecular formula is C15H21NO4. The lowest BCUT2D eigenvalue weighted by molar-refractivity contribution is 0.0479. The highest BCUT2D eigenvalue weighted by Gasteiger charge is 2.19. The van der Waals surface area contributed by atoms with Crippen LogP contribution in [0.25, 0.3) is 0 Å². The third kappa shape index (κ3) is 3.95. The second kappa shape index (κ2) is 6.72. The predicted octanol–water partition coefficient (Wildman–Crippen LogP) is 1.14. The highest BCUT2D eigenvalue weighted by Crippen LogP contribution is 2.22. The summed E-state index contributed by atoms with van der Waals surface area (Å²) in [6.07, 6.45) is 0.155. The number of fused-ring (bicyclic) bond motifs is 1. The smallest absolute Gasteiger partial charge is 0.338 e. The number of ether oxygens (including phenoxy) is 2. The van der Waals surface area contributed by atoms with Gasteiger partial charge >= 0.3 is 5.97 Å². The van der Waals surface area contributed by atoms with E-state index in [1.165, 1.54) is 0 Å². The Kier molecular flexibility index (Phi) is 4.98. The summed E-state index contributed by atoms with van der Waals surface area (Å²) in [5.74, 6) is 0.268. The summed E-state index contributed by atoms with van der Waals surface area (Å²) in [6, 6.07) is 5.70. The van der Waals surface area contributed by atoms with Gasteiger partial charge in [-0.1, -0.05) is 19.9 Å². The van der Waals surface area contributed by atoms with Crippen molar-refractivity contribution in [1.29, 1.82) is 0 Å². The highest BCUT2D eigenvalue weighted by atomic mass is 16.5. The first kappa shape index (κ1) is 14.8. The van der Waals surface area contributed by atoms with Crippen molar-refractivity contribution < 1.29 is 19.4 Å². The first-order valence-corrected chi connectivity index (χ1v) is 6.90. The van der Waals surface area contributed by atoms with Gasteiger partial charge in [0.2, 0.25) is 0 Å². The molecule has 0 aliphatic carbocycles. The van der Waals surface area contributed by atoms with E-state index in [4.69, 9.17) is 9.47 Å². The Morgan fingerprint density at radius 1 is 1.45 bits per heavy atom. The van der Waals surface area contributed by atoms with Crippen LogP contribution in [0, 0.1) is 0 Å². The van der Waals surface area contributed by atoms with Crippen LogP contribution >= 0.6 is 0 Å². The summed E-state index contributed by atoms with van der Waals surface area (Å²) in [6.45, 7) is 5.13. The molecule has 0 saturated carbocycles. The van der Waals surface area contributed by atoms with Crippen LogP contribution in [0.3, 0.4) is 0 Å². The van der Waals surface area contributed by atoms with Crippen molar-refractivity contribution in [3.63, 3.8) is 0 Å². The van der Waals surface area contributed by atoms with Gasteiger partial charge in [0.15, 0.2) is 0 Å². The van der Waals surface area contributed by atoms with Gasteiger partial charge in [-0.3, -0.25) is 0 Å². The summed E-state index contributed by atoms with van der Waals surface area (Å²) in [4.78, 5) is 11.6. The number of benzene rings is 1. The molecule has 5 nitrogen and oxygen atoms in total. The molecule has 1 heterocycles. The van der Waals surface area contributed by atoms with Crippen LogP contribution in [-0.2, 0) is 11.2 Å². The number of carbonyl (C=O) groups is 1. The van der Waals surface area contributed by atoms with E-state index in [9.17, 15) is 9.90 Å². The minimum Gasteiger partial charge on any atom is -0.491 e. The lowest BCUT2D eigenvalue weighted by Gasteiger charge is -2.18. The maximum absolute atomic E-state index is 11.6. The van der Waals surface area contributed by atoms with Crippen molar-refractivity contribution in [3.05, 3.63) is 29.3 Å². The molecule has 2 N–H and O–H groups in total. The van der Waals surface area contributed by atoms with E-state index in [0.717, 1.165) is 12.0 Å². The zero-order valence-corrected chi connectivity index (χ0v) is 11.9. The van der Waals surface area contributed by atoms with Crippen molar-refractivity contribution in [2.75, 3.05) is 19.8 Å². The quantitative estimate of drug-likeness (QED) is 0.764. The molecule has 5 heteroatoms. The van der Waals surface area contributed by atoms with Gasteiger partial charge in [-0.25, -0.2) is 4.79 Å². The summed E-state index contributed by atoms with van der Waals surface area (Å²) in [5.41, 5.74) is 1.54. The molecule has 0 aromatic heterocycles. The second-order valence-electron chi connectivity index (χ2n) is 5.23. The molecule has 0 saturated heterocycles. The van der Waals surface area contributed by atoms with Crippen LogP contribution in [0.15, 0.2) is 18.2 Å². The molecule has 20 heavy (non-hydrogen) atoms. The third-order valence-corrected chi connectivity index (χ3v) is 3.11. The van der Waals surface area contributed by atoms with Gasteiger partial charge in [-0.15, -0.1) is 0 Å². The van der Waals surface area contributed by atoms with E-state index in [0.29, 0.717) is 30.5 Å². The number of hydrogen-bond donors (Lipinski definition) is 2. The Balaban J connectivity index is 1.90. The van der Waals surface area contributed by atoms with Crippen molar-refractivity contribution in [3.8, 4) is 5.75 Å². The van der Waals surface area contributed by atoms with Crippen LogP contribution in [0.2, 0.25) is 0 Å². The molecule has 0 bridgehead atoms. The number of aliphatic hydroxyl groups excluding tert-OH is 1. The second-order valence-corrected chi connectivity index (χ2v) is 5.23. The fourth-order valence-electron chi connectivity index (χ4n) is 2.01. The highest BCUT2D eigenvalue weighted by molar-refractivity contribution is 5.92. The zero-order chi connectivity index (χ0) is 14.5. The molecule has 1 atom stereocenters. The minimum absolute atomic E-state index is 0.188. The van der Waals surface area contributed by atoms with Crippen LogP contribution in [0.4, 0.5) is 0 Å². The zero-order valence-electron chi connectivity index (χ0n) is 11.9. The summed E-state index contributed by atoms with van der Waals surface area (Å²) < 4.78 is 10.5. The maximum atomic E-state index is 11.6. The van der Waals surface area contributed by atoms with Gasteiger partial charge < -0.3 is 19.9 Å². The number of aliphatic hydroxyl groups is 1. The van der Waals surface area contributed by atoms with Gasteiger partial charge in [0.1, 0.15) is 18.5 Å². The van der Waals surface area contributed by atoms with E-state index < -0.39 is 6.10 Å². The molecule has 2 rings (SSSR count). The molecule has 1 aliphatic heterocycles. The number of hydrogen-bond acceptors (Lipinski definition) is 5. The van der Waals surface area contributed by atoms with E-state index in [1.807, 2.05) is 26.0 Å². The van der Waals surface area contributed by atoms with Gasteiger partial charge in [-0.05, 0) is 17.7 Å². The van der Waals surface area contributed by atoms with Crippen molar-refractivity contribution in [1.82, 2.24) is 5.32 Å². The van der Waals surface area contributed by atoms with E-state index in [-0.39, 0.29) is 12.6 Å². The number of carbonyl (C=O) groups excluding carboxylic acids is 1. The first-order chi connectivity index (χ1) is 9.56. The lowest BCUT2D eigenvalue weighted by Crippen LogP contribution is -2.35. The van der Waals surface area contributed by atoms with E-state index in [2.05, 4.69) is 5.32 Å². The van der Waals surface area contributed by atoms with Crippen molar-refractivity contribution in [2.45, 2.75) is 32.4 Å². The monoisotopic (exact) mass is 279 g/mol. The Hall–Kier alpha value is -1.59. The number of cyclic esters (lactones) is 1. The summed E-state index contributed by atoms with van der Waals surface area (Å²) >= 11 is 0. The van der Waals surface area contributed by atoms with Crippen molar-refractivity contribution >= 4 is 5.97 Å². The fourth-order valence-corrected chi connectivity index (χ4v) is 2.01. The molecule has 1 aliphatic rings. The number of rotatable bonds is 6. The molecule has 1 unspecified atom stereocenters. The molecular weight excluding hydrogens is 258 g/mol. The molecule has 1 aromatic rings. The topological polar surface area (TPSA) is 67.8 Å². The summed E-state index contributed by atoms with van der Waals surface area (Å²) in [5, 5.41) is 12.9. The average Bonchev–Trinajstić information content (AvgIpc) is 2.43. The molecule has 0 spiro atoms. The standard InChI is InChI=1S/C15H21NO4/c1-10(2)16-8-12(17)9-20-13-4-3-11-5-6-19-15(18)14(11)7-13/h3-4,7,10,12,16-17H,5-6,8-9H2,1-2H3. The van der Waals surface area contributed by atoms with Gasteiger partial charge in [-0.2, -0.15) is 0 Å². The fraction of sp³-hybridized carbons (Fsp3) is 0.533. The van der Waals surface area contributed by atoms with Gasteiger partial charge in [0.25, 0.3) is 0 Å². The lowest BCUT2D eigenvalue weighted by atomic mass is 10.0. The van der Waals surface area contributed by atoms with Crippen LogP contribution in [-0.4, -0.2) is 43.0 Å². The van der Waals surface area contributed by atoms with E-state index >= 15 is 0 Å². The van der Waals surface area contributed by atoms with Crippen LogP contribution < -0.4 is 10.1 Å². The molecule has 0 amide bonds. The van der Waals surface area contributed by atoms with Gasteiger partial charge in [0.05, 0.1) is 12.2 Å². The van der Waals surface area contributed by atoms with Crippen LogP contribution in [0.1, 0.15) is 29.8 Å². The van der Waals surface area contributed by atoms with Crippen molar-refractivity contribution in [2.24, 2.45) is 0 Å². The maximum Gasteiger partial charge on any atom is 0.338 e. The largest absolute Gasteiger partial charge is 0.491 e. The Morgan fingerprint density at radius 2 is 2.25 bits per heavy atom. The number of nitrogens with one attached hydrogen (secondary N) is 1. The molecule has 0 fully saturated rings. The van der Waals surface area contributed by atoms with Crippen LogP contribution in [0.5, 0.6) is 5.75 Å². The number of esters is 1. The summed E-state index contributed by atoms with van der Waals surface area (Å²) in [7, 11) is 0. The Bertz CT molecular complexity index is 473. The molecule has 110 valence electrons. The SMILES string of the molecule is CC(C)NCC(O)COc1ccc2c(c1)C(=O)OCC2. The van der Waals surface area contributed by atoms with Gasteiger partial charge in [0, 0.05) is 19.0 Å². The Morgan fingerprint density at radius 3 is 3.00 bits per heavy atom. The first-order valence-electron chi connectivity index (χ1n) is 6.90. The average molecular weight is 279 g/mol. The third-order valence-electron chi connectivity index (χ3n) is 3.11.